The number of hydrogen-bond acceptors (Lipinski definition) is 1. The maximum Gasteiger partial charge on any atom is 0.252 e. The summed E-state index contributed by atoms with van der Waals surface area (Å²) in [4.78, 5) is 11.7. The van der Waals surface area contributed by atoms with Crippen molar-refractivity contribution in [2.24, 2.45) is 0 Å². The molecular formula is C13H13NO. The number of hydrogen-bond donors (Lipinski definition) is 1. The molecule has 0 unspecified atom stereocenters. The Balaban J connectivity index is 2.72. The fourth-order valence-corrected chi connectivity index (χ4v) is 1.16. The fourth-order valence-electron chi connectivity index (χ4n) is 1.16. The molecule has 0 aromatic heterocycles. The lowest BCUT2D eigenvalue weighted by atomic mass is 10.1. The first-order valence-electron chi connectivity index (χ1n) is 4.79. The Kier molecular flexibility index (Phi) is 4.18. The lowest BCUT2D eigenvalue weighted by Gasteiger charge is -2.05. The monoisotopic (exact) mass is 199 g/mol. The van der Waals surface area contributed by atoms with E-state index < -0.39 is 0 Å². The Morgan fingerprint density at radius 2 is 2.13 bits per heavy atom. The SMILES string of the molecule is C#C/C=C(/CC)C(=O)Nc1ccccc1. The van der Waals surface area contributed by atoms with Gasteiger partial charge in [0.2, 0.25) is 0 Å². The van der Waals surface area contributed by atoms with Gasteiger partial charge in [0.15, 0.2) is 0 Å². The zero-order chi connectivity index (χ0) is 11.1. The zero-order valence-electron chi connectivity index (χ0n) is 8.66. The van der Waals surface area contributed by atoms with Crippen LogP contribution < -0.4 is 5.32 Å². The molecule has 0 radical (unpaired) electrons. The third-order valence-electron chi connectivity index (χ3n) is 1.96. The minimum atomic E-state index is -0.137. The molecule has 0 spiro atoms. The topological polar surface area (TPSA) is 29.1 Å². The van der Waals surface area contributed by atoms with Crippen molar-refractivity contribution >= 4 is 11.6 Å². The predicted octanol–water partition coefficient (Wildman–Crippen LogP) is 2.59. The van der Waals surface area contributed by atoms with Crippen LogP contribution in [0.3, 0.4) is 0 Å². The van der Waals surface area contributed by atoms with E-state index in [9.17, 15) is 4.79 Å². The van der Waals surface area contributed by atoms with Gasteiger partial charge in [0.1, 0.15) is 0 Å². The van der Waals surface area contributed by atoms with Crippen LogP contribution >= 0.6 is 0 Å². The average Bonchev–Trinajstić information content (AvgIpc) is 2.27. The van der Waals surface area contributed by atoms with Crippen molar-refractivity contribution in [3.05, 3.63) is 42.0 Å². The first-order chi connectivity index (χ1) is 7.27. The largest absolute Gasteiger partial charge is 0.322 e. The van der Waals surface area contributed by atoms with E-state index in [1.54, 1.807) is 0 Å². The van der Waals surface area contributed by atoms with Crippen molar-refractivity contribution < 1.29 is 4.79 Å². The van der Waals surface area contributed by atoms with Crippen molar-refractivity contribution in [2.45, 2.75) is 13.3 Å². The molecule has 76 valence electrons. The van der Waals surface area contributed by atoms with Gasteiger partial charge >= 0.3 is 0 Å². The van der Waals surface area contributed by atoms with Gasteiger partial charge in [-0.2, -0.15) is 0 Å². The Morgan fingerprint density at radius 3 is 2.67 bits per heavy atom. The van der Waals surface area contributed by atoms with Crippen LogP contribution in [-0.4, -0.2) is 5.91 Å². The molecular weight excluding hydrogens is 186 g/mol. The number of nitrogens with one attached hydrogen (secondary N) is 1. The number of amides is 1. The van der Waals surface area contributed by atoms with Gasteiger partial charge in [-0.25, -0.2) is 0 Å². The van der Waals surface area contributed by atoms with Gasteiger partial charge in [0.25, 0.3) is 5.91 Å². The standard InChI is InChI=1S/C13H13NO/c1-3-8-11(4-2)13(15)14-12-9-6-5-7-10-12/h1,5-10H,4H2,2H3,(H,14,15)/b11-8-. The molecule has 0 atom stereocenters. The summed E-state index contributed by atoms with van der Waals surface area (Å²) < 4.78 is 0. The lowest BCUT2D eigenvalue weighted by Crippen LogP contribution is -2.13. The third kappa shape index (κ3) is 3.32. The Bertz CT molecular complexity index is 398. The van der Waals surface area contributed by atoms with E-state index in [0.29, 0.717) is 12.0 Å². The minimum Gasteiger partial charge on any atom is -0.322 e. The van der Waals surface area contributed by atoms with Crippen LogP contribution in [0.4, 0.5) is 5.69 Å². The van der Waals surface area contributed by atoms with E-state index in [0.717, 1.165) is 5.69 Å². The number of anilines is 1. The van der Waals surface area contributed by atoms with Crippen LogP contribution in [0.2, 0.25) is 0 Å². The Labute approximate surface area is 90.0 Å². The minimum absolute atomic E-state index is 0.137. The normalized spacial score (nSPS) is 10.5. The third-order valence-corrected chi connectivity index (χ3v) is 1.96. The van der Waals surface area contributed by atoms with E-state index in [2.05, 4.69) is 11.2 Å². The van der Waals surface area contributed by atoms with Crippen molar-refractivity contribution in [3.63, 3.8) is 0 Å². The molecule has 0 fully saturated rings. The summed E-state index contributed by atoms with van der Waals surface area (Å²) >= 11 is 0. The van der Waals surface area contributed by atoms with E-state index in [4.69, 9.17) is 6.42 Å². The van der Waals surface area contributed by atoms with Gasteiger partial charge in [-0.1, -0.05) is 31.0 Å². The number of terminal acetylenes is 1. The number of carbonyl (C=O) groups excluding carboxylic acids is 1. The maximum atomic E-state index is 11.7. The molecule has 1 aromatic carbocycles. The second-order valence-electron chi connectivity index (χ2n) is 3.01. The molecule has 0 aliphatic carbocycles. The van der Waals surface area contributed by atoms with E-state index in [1.165, 1.54) is 6.08 Å². The summed E-state index contributed by atoms with van der Waals surface area (Å²) in [6, 6.07) is 9.30. The molecule has 0 heterocycles. The molecule has 2 nitrogen and oxygen atoms in total. The highest BCUT2D eigenvalue weighted by molar-refractivity contribution is 6.03. The lowest BCUT2D eigenvalue weighted by molar-refractivity contribution is -0.112. The summed E-state index contributed by atoms with van der Waals surface area (Å²) in [5.41, 5.74) is 1.39. The number of benzene rings is 1. The first kappa shape index (κ1) is 11.1. The smallest absolute Gasteiger partial charge is 0.252 e. The second-order valence-corrected chi connectivity index (χ2v) is 3.01. The molecule has 0 aliphatic heterocycles. The Hall–Kier alpha value is -2.01. The molecule has 1 rings (SSSR count). The zero-order valence-corrected chi connectivity index (χ0v) is 8.66. The summed E-state index contributed by atoms with van der Waals surface area (Å²) in [5, 5.41) is 2.77. The van der Waals surface area contributed by atoms with Crippen molar-refractivity contribution in [1.82, 2.24) is 0 Å². The quantitative estimate of drug-likeness (QED) is 0.588. The molecule has 0 bridgehead atoms. The van der Waals surface area contributed by atoms with Gasteiger partial charge in [0.05, 0.1) is 0 Å². The molecule has 1 amide bonds. The average molecular weight is 199 g/mol. The van der Waals surface area contributed by atoms with Crippen molar-refractivity contribution in [3.8, 4) is 12.3 Å². The fraction of sp³-hybridized carbons (Fsp3) is 0.154. The number of allylic oxidation sites excluding steroid dienone is 1. The van der Waals surface area contributed by atoms with Crippen LogP contribution in [-0.2, 0) is 4.79 Å². The maximum absolute atomic E-state index is 11.7. The first-order valence-corrected chi connectivity index (χ1v) is 4.79. The van der Waals surface area contributed by atoms with Crippen LogP contribution in [0.15, 0.2) is 42.0 Å². The van der Waals surface area contributed by atoms with Crippen LogP contribution in [0.5, 0.6) is 0 Å². The predicted molar refractivity (Wildman–Crippen MR) is 62.3 cm³/mol. The molecule has 0 saturated carbocycles. The number of rotatable bonds is 3. The van der Waals surface area contributed by atoms with E-state index >= 15 is 0 Å². The summed E-state index contributed by atoms with van der Waals surface area (Å²) in [7, 11) is 0. The summed E-state index contributed by atoms with van der Waals surface area (Å²) in [5.74, 6) is 2.23. The van der Waals surface area contributed by atoms with Gasteiger partial charge in [0, 0.05) is 11.3 Å². The summed E-state index contributed by atoms with van der Waals surface area (Å²) in [6.07, 6.45) is 7.26. The number of para-hydroxylation sites is 1. The van der Waals surface area contributed by atoms with Crippen LogP contribution in [0.1, 0.15) is 13.3 Å². The van der Waals surface area contributed by atoms with Crippen molar-refractivity contribution in [1.29, 1.82) is 0 Å². The molecule has 1 aromatic rings. The van der Waals surface area contributed by atoms with Crippen molar-refractivity contribution in [2.75, 3.05) is 5.32 Å². The van der Waals surface area contributed by atoms with Crippen LogP contribution in [0.25, 0.3) is 0 Å². The molecule has 1 N–H and O–H groups in total. The van der Waals surface area contributed by atoms with E-state index in [-0.39, 0.29) is 5.91 Å². The molecule has 2 heteroatoms. The van der Waals surface area contributed by atoms with E-state index in [1.807, 2.05) is 37.3 Å². The highest BCUT2D eigenvalue weighted by Crippen LogP contribution is 2.08. The second kappa shape index (κ2) is 5.66. The molecule has 15 heavy (non-hydrogen) atoms. The van der Waals surface area contributed by atoms with Gasteiger partial charge in [-0.15, -0.1) is 6.42 Å². The molecule has 0 saturated heterocycles. The van der Waals surface area contributed by atoms with Crippen LogP contribution in [0, 0.1) is 12.3 Å². The highest BCUT2D eigenvalue weighted by atomic mass is 16.1. The number of carbonyl (C=O) groups is 1. The highest BCUT2D eigenvalue weighted by Gasteiger charge is 2.06. The van der Waals surface area contributed by atoms with Gasteiger partial charge in [-0.05, 0) is 24.6 Å². The molecule has 0 aliphatic rings. The Morgan fingerprint density at radius 1 is 1.47 bits per heavy atom. The van der Waals surface area contributed by atoms with Gasteiger partial charge in [-0.3, -0.25) is 4.79 Å². The summed E-state index contributed by atoms with van der Waals surface area (Å²) in [6.45, 7) is 1.90. The van der Waals surface area contributed by atoms with Gasteiger partial charge < -0.3 is 5.32 Å².